The molecular formula is C21H23ClN2O2S. The number of thioether (sulfide) groups is 1. The van der Waals surface area contributed by atoms with Gasteiger partial charge >= 0.3 is 0 Å². The number of hydrogen-bond acceptors (Lipinski definition) is 3. The van der Waals surface area contributed by atoms with E-state index in [1.165, 1.54) is 0 Å². The van der Waals surface area contributed by atoms with Crippen molar-refractivity contribution < 1.29 is 9.59 Å². The number of benzene rings is 2. The van der Waals surface area contributed by atoms with E-state index in [2.05, 4.69) is 5.32 Å². The highest BCUT2D eigenvalue weighted by molar-refractivity contribution is 7.98. The van der Waals surface area contributed by atoms with E-state index in [0.29, 0.717) is 23.7 Å². The number of nitrogens with zero attached hydrogens (tertiary/aromatic N) is 1. The van der Waals surface area contributed by atoms with Crippen molar-refractivity contribution in [2.45, 2.75) is 17.7 Å². The second-order valence-corrected chi connectivity index (χ2v) is 7.90. The van der Waals surface area contributed by atoms with E-state index in [-0.39, 0.29) is 17.7 Å². The molecule has 0 spiro atoms. The third-order valence-corrected chi connectivity index (χ3v) is 5.94. The molecule has 0 aliphatic carbocycles. The van der Waals surface area contributed by atoms with Gasteiger partial charge < -0.3 is 10.2 Å². The smallest absolute Gasteiger partial charge is 0.254 e. The fourth-order valence-corrected chi connectivity index (χ4v) is 4.20. The van der Waals surface area contributed by atoms with E-state index in [0.717, 1.165) is 29.8 Å². The first-order chi connectivity index (χ1) is 13.1. The molecule has 2 aromatic carbocycles. The van der Waals surface area contributed by atoms with Gasteiger partial charge in [-0.3, -0.25) is 9.59 Å². The van der Waals surface area contributed by atoms with Crippen LogP contribution >= 0.6 is 23.4 Å². The van der Waals surface area contributed by atoms with E-state index >= 15 is 0 Å². The standard InChI is InChI=1S/C21H23ClN2O2S/c1-27-19-11-5-3-9-17(19)21(26)24-12-6-7-15(14-24)13-23-20(25)16-8-2-4-10-18(16)22/h2-5,8-11,15H,6-7,12-14H2,1H3,(H,23,25)/t15-/m1/s1. The second kappa shape index (κ2) is 9.29. The molecule has 1 atom stereocenters. The molecule has 1 N–H and O–H groups in total. The fraction of sp³-hybridized carbons (Fsp3) is 0.333. The molecule has 4 nitrogen and oxygen atoms in total. The van der Waals surface area contributed by atoms with Crippen LogP contribution in [0.2, 0.25) is 5.02 Å². The number of likely N-dealkylation sites (tertiary alicyclic amines) is 1. The summed E-state index contributed by atoms with van der Waals surface area (Å²) in [6.07, 6.45) is 3.92. The number of carbonyl (C=O) groups is 2. The molecule has 2 aromatic rings. The monoisotopic (exact) mass is 402 g/mol. The van der Waals surface area contributed by atoms with Crippen LogP contribution in [0.1, 0.15) is 33.6 Å². The van der Waals surface area contributed by atoms with Gasteiger partial charge in [-0.2, -0.15) is 0 Å². The molecule has 6 heteroatoms. The van der Waals surface area contributed by atoms with Gasteiger partial charge in [0.15, 0.2) is 0 Å². The SMILES string of the molecule is CSc1ccccc1C(=O)N1CCC[C@H](CNC(=O)c2ccccc2Cl)C1. The van der Waals surface area contributed by atoms with Crippen molar-refractivity contribution in [3.63, 3.8) is 0 Å². The van der Waals surface area contributed by atoms with Crippen LogP contribution in [0.25, 0.3) is 0 Å². The zero-order valence-corrected chi connectivity index (χ0v) is 16.9. The Morgan fingerprint density at radius 3 is 2.59 bits per heavy atom. The van der Waals surface area contributed by atoms with Crippen LogP contribution in [-0.2, 0) is 0 Å². The van der Waals surface area contributed by atoms with Crippen LogP contribution in [0.4, 0.5) is 0 Å². The third kappa shape index (κ3) is 4.85. The van der Waals surface area contributed by atoms with Gasteiger partial charge in [-0.05, 0) is 49.3 Å². The lowest BCUT2D eigenvalue weighted by Gasteiger charge is -2.33. The minimum atomic E-state index is -0.170. The van der Waals surface area contributed by atoms with Gasteiger partial charge in [0.2, 0.25) is 0 Å². The van der Waals surface area contributed by atoms with Crippen LogP contribution < -0.4 is 5.32 Å². The Hall–Kier alpha value is -1.98. The van der Waals surface area contributed by atoms with Crippen LogP contribution in [0.3, 0.4) is 0 Å². The van der Waals surface area contributed by atoms with Crippen molar-refractivity contribution in [3.05, 3.63) is 64.7 Å². The normalized spacial score (nSPS) is 16.8. The van der Waals surface area contributed by atoms with Gasteiger partial charge in [-0.15, -0.1) is 11.8 Å². The van der Waals surface area contributed by atoms with Gasteiger partial charge in [0, 0.05) is 24.5 Å². The predicted octanol–water partition coefficient (Wildman–Crippen LogP) is 4.34. The first-order valence-corrected chi connectivity index (χ1v) is 10.7. The highest BCUT2D eigenvalue weighted by atomic mass is 35.5. The van der Waals surface area contributed by atoms with E-state index in [1.54, 1.807) is 36.0 Å². The quantitative estimate of drug-likeness (QED) is 0.756. The maximum absolute atomic E-state index is 12.9. The Bertz CT molecular complexity index is 827. The van der Waals surface area contributed by atoms with Crippen molar-refractivity contribution in [2.75, 3.05) is 25.9 Å². The molecule has 142 valence electrons. The number of nitrogens with one attached hydrogen (secondary N) is 1. The zero-order chi connectivity index (χ0) is 19.2. The van der Waals surface area contributed by atoms with E-state index in [1.807, 2.05) is 35.4 Å². The van der Waals surface area contributed by atoms with Crippen LogP contribution in [0.5, 0.6) is 0 Å². The molecular weight excluding hydrogens is 380 g/mol. The Balaban J connectivity index is 1.60. The first kappa shape index (κ1) is 19.8. The van der Waals surface area contributed by atoms with E-state index in [4.69, 9.17) is 11.6 Å². The highest BCUT2D eigenvalue weighted by Gasteiger charge is 2.26. The molecule has 0 saturated carbocycles. The summed E-state index contributed by atoms with van der Waals surface area (Å²) in [6, 6.07) is 14.7. The summed E-state index contributed by atoms with van der Waals surface area (Å²) in [5.74, 6) is 0.148. The Morgan fingerprint density at radius 2 is 1.85 bits per heavy atom. The van der Waals surface area contributed by atoms with Crippen molar-refractivity contribution in [3.8, 4) is 0 Å². The van der Waals surface area contributed by atoms with E-state index in [9.17, 15) is 9.59 Å². The minimum absolute atomic E-state index is 0.0714. The van der Waals surface area contributed by atoms with E-state index < -0.39 is 0 Å². The molecule has 3 rings (SSSR count). The summed E-state index contributed by atoms with van der Waals surface area (Å²) in [4.78, 5) is 28.2. The van der Waals surface area contributed by atoms with Gasteiger partial charge in [0.05, 0.1) is 16.1 Å². The summed E-state index contributed by atoms with van der Waals surface area (Å²) in [5, 5.41) is 3.41. The molecule has 0 bridgehead atoms. The number of piperidine rings is 1. The maximum atomic E-state index is 12.9. The first-order valence-electron chi connectivity index (χ1n) is 9.05. The Morgan fingerprint density at radius 1 is 1.15 bits per heavy atom. The fourth-order valence-electron chi connectivity index (χ4n) is 3.39. The molecule has 0 radical (unpaired) electrons. The molecule has 1 saturated heterocycles. The van der Waals surface area contributed by atoms with Crippen molar-refractivity contribution in [1.82, 2.24) is 10.2 Å². The number of halogens is 1. The molecule has 1 heterocycles. The average Bonchev–Trinajstić information content (AvgIpc) is 2.72. The van der Waals surface area contributed by atoms with Crippen molar-refractivity contribution >= 4 is 35.2 Å². The van der Waals surface area contributed by atoms with Crippen LogP contribution in [-0.4, -0.2) is 42.6 Å². The summed E-state index contributed by atoms with van der Waals surface area (Å²) in [7, 11) is 0. The predicted molar refractivity (Wildman–Crippen MR) is 111 cm³/mol. The Labute approximate surface area is 169 Å². The Kier molecular flexibility index (Phi) is 6.80. The zero-order valence-electron chi connectivity index (χ0n) is 15.3. The number of rotatable bonds is 5. The largest absolute Gasteiger partial charge is 0.352 e. The van der Waals surface area contributed by atoms with Crippen molar-refractivity contribution in [2.24, 2.45) is 5.92 Å². The van der Waals surface area contributed by atoms with Crippen molar-refractivity contribution in [1.29, 1.82) is 0 Å². The second-order valence-electron chi connectivity index (χ2n) is 6.65. The molecule has 1 fully saturated rings. The molecule has 1 aliphatic heterocycles. The third-order valence-electron chi connectivity index (χ3n) is 4.81. The lowest BCUT2D eigenvalue weighted by atomic mass is 9.97. The number of carbonyl (C=O) groups excluding carboxylic acids is 2. The van der Waals surface area contributed by atoms with Gasteiger partial charge in [0.25, 0.3) is 11.8 Å². The van der Waals surface area contributed by atoms with Gasteiger partial charge in [0.1, 0.15) is 0 Å². The van der Waals surface area contributed by atoms with Gasteiger partial charge in [-0.1, -0.05) is 35.9 Å². The summed E-state index contributed by atoms with van der Waals surface area (Å²) >= 11 is 7.67. The summed E-state index contributed by atoms with van der Waals surface area (Å²) in [5.41, 5.74) is 1.24. The number of hydrogen-bond donors (Lipinski definition) is 1. The molecule has 2 amide bonds. The number of amides is 2. The summed E-state index contributed by atoms with van der Waals surface area (Å²) in [6.45, 7) is 1.96. The average molecular weight is 403 g/mol. The lowest BCUT2D eigenvalue weighted by Crippen LogP contribution is -2.43. The molecule has 0 aromatic heterocycles. The summed E-state index contributed by atoms with van der Waals surface area (Å²) < 4.78 is 0. The lowest BCUT2D eigenvalue weighted by molar-refractivity contribution is 0.0667. The topological polar surface area (TPSA) is 49.4 Å². The van der Waals surface area contributed by atoms with Gasteiger partial charge in [-0.25, -0.2) is 0 Å². The molecule has 1 aliphatic rings. The highest BCUT2D eigenvalue weighted by Crippen LogP contribution is 2.24. The molecule has 0 unspecified atom stereocenters. The van der Waals surface area contributed by atoms with Crippen LogP contribution in [0.15, 0.2) is 53.4 Å². The minimum Gasteiger partial charge on any atom is -0.352 e. The maximum Gasteiger partial charge on any atom is 0.254 e. The molecule has 27 heavy (non-hydrogen) atoms. The van der Waals surface area contributed by atoms with Crippen LogP contribution in [0, 0.1) is 5.92 Å².